The van der Waals surface area contributed by atoms with E-state index in [0.717, 1.165) is 16.8 Å². The van der Waals surface area contributed by atoms with Gasteiger partial charge in [-0.25, -0.2) is 0 Å². The Balaban J connectivity index is 2.29. The zero-order valence-corrected chi connectivity index (χ0v) is 8.70. The minimum absolute atomic E-state index is 0.0652. The lowest BCUT2D eigenvalue weighted by Gasteiger charge is -2.11. The number of hydrogen-bond donors (Lipinski definition) is 3. The van der Waals surface area contributed by atoms with E-state index < -0.39 is 0 Å². The second kappa shape index (κ2) is 4.19. The minimum Gasteiger partial charge on any atom is -0.388 e. The summed E-state index contributed by atoms with van der Waals surface area (Å²) in [4.78, 5) is 3.01. The highest BCUT2D eigenvalue weighted by Gasteiger charge is 2.08. The maximum atomic E-state index is 6.14. The Morgan fingerprint density at radius 3 is 2.80 bits per heavy atom. The number of H-pyrrole nitrogens is 1. The molecule has 1 aromatic heterocycles. The van der Waals surface area contributed by atoms with Gasteiger partial charge in [-0.15, -0.1) is 0 Å². The van der Waals surface area contributed by atoms with Crippen LogP contribution in [0.5, 0.6) is 0 Å². The number of nitrogens with one attached hydrogen (secondary N) is 2. The van der Waals surface area contributed by atoms with E-state index in [0.29, 0.717) is 0 Å². The minimum atomic E-state index is -0.0652. The Labute approximate surface area is 89.3 Å². The number of nitrogens with two attached hydrogens (primary N) is 1. The Morgan fingerprint density at radius 2 is 2.13 bits per heavy atom. The molecule has 0 radical (unpaired) electrons. The van der Waals surface area contributed by atoms with Gasteiger partial charge < -0.3 is 16.0 Å². The summed E-state index contributed by atoms with van der Waals surface area (Å²) >= 11 is 0. The van der Waals surface area contributed by atoms with Crippen molar-refractivity contribution in [1.82, 2.24) is 4.98 Å². The number of aromatic amines is 1. The molecule has 0 saturated heterocycles. The maximum absolute atomic E-state index is 6.14. The summed E-state index contributed by atoms with van der Waals surface area (Å²) in [6.45, 7) is 0. The summed E-state index contributed by atoms with van der Waals surface area (Å²) in [7, 11) is 1.90. The van der Waals surface area contributed by atoms with Crippen LogP contribution in [0.15, 0.2) is 42.7 Å². The molecule has 1 aromatic carbocycles. The molecule has 0 aliphatic rings. The topological polar surface area (TPSA) is 53.8 Å². The second-order valence-electron chi connectivity index (χ2n) is 3.50. The van der Waals surface area contributed by atoms with Crippen LogP contribution in [-0.2, 0) is 0 Å². The molecule has 4 N–H and O–H groups in total. The predicted molar refractivity (Wildman–Crippen MR) is 62.8 cm³/mol. The van der Waals surface area contributed by atoms with Crippen LogP contribution in [0, 0.1) is 0 Å². The van der Waals surface area contributed by atoms with Crippen LogP contribution >= 0.6 is 0 Å². The van der Waals surface area contributed by atoms with E-state index in [1.165, 1.54) is 0 Å². The highest BCUT2D eigenvalue weighted by atomic mass is 14.8. The number of anilines is 1. The molecule has 0 bridgehead atoms. The first-order valence-electron chi connectivity index (χ1n) is 4.97. The molecule has 3 heteroatoms. The first-order valence-corrected chi connectivity index (χ1v) is 4.97. The molecule has 0 fully saturated rings. The largest absolute Gasteiger partial charge is 0.388 e. The summed E-state index contributed by atoms with van der Waals surface area (Å²) in [6, 6.07) is 10.1. The third-order valence-electron chi connectivity index (χ3n) is 2.52. The fourth-order valence-corrected chi connectivity index (χ4v) is 1.61. The van der Waals surface area contributed by atoms with E-state index in [9.17, 15) is 0 Å². The molecule has 2 rings (SSSR count). The summed E-state index contributed by atoms with van der Waals surface area (Å²) in [5, 5.41) is 3.10. The van der Waals surface area contributed by atoms with Gasteiger partial charge in [0.05, 0.1) is 6.04 Å². The van der Waals surface area contributed by atoms with Gasteiger partial charge in [0, 0.05) is 25.1 Å². The van der Waals surface area contributed by atoms with Gasteiger partial charge in [-0.1, -0.05) is 12.1 Å². The zero-order chi connectivity index (χ0) is 10.7. The Hall–Kier alpha value is -1.74. The van der Waals surface area contributed by atoms with Crippen LogP contribution in [0.25, 0.3) is 0 Å². The summed E-state index contributed by atoms with van der Waals surface area (Å²) in [5.74, 6) is 0. The molecule has 1 atom stereocenters. The third-order valence-corrected chi connectivity index (χ3v) is 2.52. The molecule has 1 heterocycles. The zero-order valence-electron chi connectivity index (χ0n) is 8.70. The molecule has 2 aromatic rings. The van der Waals surface area contributed by atoms with E-state index in [-0.39, 0.29) is 6.04 Å². The molecule has 15 heavy (non-hydrogen) atoms. The quantitative estimate of drug-likeness (QED) is 0.712. The number of rotatable bonds is 3. The van der Waals surface area contributed by atoms with Crippen molar-refractivity contribution in [3.63, 3.8) is 0 Å². The summed E-state index contributed by atoms with van der Waals surface area (Å²) in [5.41, 5.74) is 9.43. The van der Waals surface area contributed by atoms with Gasteiger partial charge in [0.1, 0.15) is 0 Å². The molecule has 0 aliphatic carbocycles. The first-order chi connectivity index (χ1) is 7.31. The molecule has 0 amide bonds. The normalized spacial score (nSPS) is 12.4. The highest BCUT2D eigenvalue weighted by molar-refractivity contribution is 5.47. The van der Waals surface area contributed by atoms with Crippen molar-refractivity contribution in [2.24, 2.45) is 5.73 Å². The predicted octanol–water partition coefficient (Wildman–Crippen LogP) is 2.10. The van der Waals surface area contributed by atoms with E-state index in [2.05, 4.69) is 16.4 Å². The lowest BCUT2D eigenvalue weighted by molar-refractivity contribution is 0.874. The van der Waals surface area contributed by atoms with Crippen molar-refractivity contribution in [3.05, 3.63) is 53.9 Å². The van der Waals surface area contributed by atoms with E-state index in [1.54, 1.807) is 0 Å². The average molecular weight is 201 g/mol. The Bertz CT molecular complexity index is 420. The third kappa shape index (κ3) is 2.02. The first kappa shape index (κ1) is 9.80. The van der Waals surface area contributed by atoms with Crippen LogP contribution in [0.1, 0.15) is 17.2 Å². The lowest BCUT2D eigenvalue weighted by atomic mass is 10.0. The van der Waals surface area contributed by atoms with E-state index >= 15 is 0 Å². The van der Waals surface area contributed by atoms with Crippen molar-refractivity contribution < 1.29 is 0 Å². The lowest BCUT2D eigenvalue weighted by Crippen LogP contribution is -2.11. The van der Waals surface area contributed by atoms with Gasteiger partial charge in [-0.05, 0) is 29.3 Å². The van der Waals surface area contributed by atoms with Crippen molar-refractivity contribution in [2.75, 3.05) is 12.4 Å². The highest BCUT2D eigenvalue weighted by Crippen LogP contribution is 2.21. The number of benzene rings is 1. The number of aromatic nitrogens is 1. The van der Waals surface area contributed by atoms with Crippen LogP contribution < -0.4 is 11.1 Å². The molecule has 0 spiro atoms. The summed E-state index contributed by atoms with van der Waals surface area (Å²) < 4.78 is 0. The van der Waals surface area contributed by atoms with Crippen molar-refractivity contribution in [2.45, 2.75) is 6.04 Å². The maximum Gasteiger partial charge on any atom is 0.0567 e. The molecule has 0 aliphatic heterocycles. The fourth-order valence-electron chi connectivity index (χ4n) is 1.61. The molecule has 1 unspecified atom stereocenters. The van der Waals surface area contributed by atoms with Gasteiger partial charge >= 0.3 is 0 Å². The van der Waals surface area contributed by atoms with Crippen molar-refractivity contribution >= 4 is 5.69 Å². The Morgan fingerprint density at radius 1 is 1.27 bits per heavy atom. The SMILES string of the molecule is CNc1cccc(C(N)c2cc[nH]c2)c1. The van der Waals surface area contributed by atoms with Crippen molar-refractivity contribution in [1.29, 1.82) is 0 Å². The van der Waals surface area contributed by atoms with E-state index in [4.69, 9.17) is 5.73 Å². The monoisotopic (exact) mass is 201 g/mol. The van der Waals surface area contributed by atoms with E-state index in [1.807, 2.05) is 43.7 Å². The molecular weight excluding hydrogens is 186 g/mol. The molecular formula is C12H15N3. The fraction of sp³-hybridized carbons (Fsp3) is 0.167. The van der Waals surface area contributed by atoms with Crippen LogP contribution in [0.4, 0.5) is 5.69 Å². The van der Waals surface area contributed by atoms with Gasteiger partial charge in [0.2, 0.25) is 0 Å². The van der Waals surface area contributed by atoms with Crippen LogP contribution in [0.2, 0.25) is 0 Å². The average Bonchev–Trinajstić information content (AvgIpc) is 2.81. The van der Waals surface area contributed by atoms with Gasteiger partial charge in [0.25, 0.3) is 0 Å². The van der Waals surface area contributed by atoms with Crippen LogP contribution in [0.3, 0.4) is 0 Å². The van der Waals surface area contributed by atoms with Gasteiger partial charge in [0.15, 0.2) is 0 Å². The molecule has 78 valence electrons. The van der Waals surface area contributed by atoms with Gasteiger partial charge in [-0.3, -0.25) is 0 Å². The summed E-state index contributed by atoms with van der Waals surface area (Å²) in [6.07, 6.45) is 3.81. The number of hydrogen-bond acceptors (Lipinski definition) is 2. The molecule has 3 nitrogen and oxygen atoms in total. The molecule has 0 saturated carbocycles. The van der Waals surface area contributed by atoms with Crippen LogP contribution in [-0.4, -0.2) is 12.0 Å². The van der Waals surface area contributed by atoms with Crippen molar-refractivity contribution in [3.8, 4) is 0 Å². The van der Waals surface area contributed by atoms with Gasteiger partial charge in [-0.2, -0.15) is 0 Å². The Kier molecular flexibility index (Phi) is 2.74. The standard InChI is InChI=1S/C12H15N3/c1-14-11-4-2-3-9(7-11)12(13)10-5-6-15-8-10/h2-8,12,14-15H,13H2,1H3. The second-order valence-corrected chi connectivity index (χ2v) is 3.50. The smallest absolute Gasteiger partial charge is 0.0567 e.